The van der Waals surface area contributed by atoms with Gasteiger partial charge in [-0.2, -0.15) is 0 Å². The second-order valence-corrected chi connectivity index (χ2v) is 6.79. The van der Waals surface area contributed by atoms with E-state index in [4.69, 9.17) is 0 Å². The van der Waals surface area contributed by atoms with E-state index < -0.39 is 0 Å². The summed E-state index contributed by atoms with van der Waals surface area (Å²) in [4.78, 5) is 18.6. The molecule has 1 atom stereocenters. The molecule has 0 bridgehead atoms. The lowest BCUT2D eigenvalue weighted by Crippen LogP contribution is -2.08. The highest BCUT2D eigenvalue weighted by Crippen LogP contribution is 2.30. The molecule has 6 heteroatoms. The fourth-order valence-corrected chi connectivity index (χ4v) is 3.54. The predicted molar refractivity (Wildman–Crippen MR) is 109 cm³/mol. The van der Waals surface area contributed by atoms with Crippen LogP contribution in [-0.4, -0.2) is 25.0 Å². The van der Waals surface area contributed by atoms with Crippen LogP contribution in [0.2, 0.25) is 0 Å². The quantitative estimate of drug-likeness (QED) is 0.524. The Morgan fingerprint density at radius 3 is 2.57 bits per heavy atom. The molecule has 0 radical (unpaired) electrons. The molecule has 0 aliphatic heterocycles. The first-order valence-corrected chi connectivity index (χ1v) is 9.08. The predicted octanol–water partition coefficient (Wildman–Crippen LogP) is 3.94. The summed E-state index contributed by atoms with van der Waals surface area (Å²) in [7, 11) is 0. The smallest absolute Gasteiger partial charge is 0.247 e. The van der Waals surface area contributed by atoms with E-state index in [1.807, 2.05) is 41.1 Å². The maximum atomic E-state index is 11.4. The molecule has 0 saturated heterocycles. The van der Waals surface area contributed by atoms with Crippen molar-refractivity contribution < 1.29 is 0 Å². The van der Waals surface area contributed by atoms with Gasteiger partial charge in [-0.25, -0.2) is 4.68 Å². The van der Waals surface area contributed by atoms with Crippen molar-refractivity contribution in [2.45, 2.75) is 13.0 Å². The lowest BCUT2D eigenvalue weighted by atomic mass is 10.0. The van der Waals surface area contributed by atoms with Gasteiger partial charge >= 0.3 is 0 Å². The summed E-state index contributed by atoms with van der Waals surface area (Å²) in [5.74, 6) is 0. The Labute approximate surface area is 160 Å². The van der Waals surface area contributed by atoms with Crippen LogP contribution in [-0.2, 0) is 0 Å². The van der Waals surface area contributed by atoms with Crippen LogP contribution in [0, 0.1) is 0 Å². The third-order valence-electron chi connectivity index (χ3n) is 5.06. The number of nitrogens with zero attached hydrogens (tertiary/aromatic N) is 4. The normalized spacial score (nSPS) is 12.5. The molecule has 0 unspecified atom stereocenters. The number of hydrogen-bond donors (Lipinski definition) is 1. The van der Waals surface area contributed by atoms with Gasteiger partial charge in [0.05, 0.1) is 17.8 Å². The van der Waals surface area contributed by atoms with Crippen LogP contribution in [0.3, 0.4) is 0 Å². The van der Waals surface area contributed by atoms with Crippen molar-refractivity contribution in [2.24, 2.45) is 0 Å². The first-order valence-electron chi connectivity index (χ1n) is 9.08. The Bertz CT molecular complexity index is 1330. The SMILES string of the molecule is C[C@H](c1ccccc1)n1nnc2cnc3ccc(-c4ccc(=O)[nH]c4)cc3c21. The minimum atomic E-state index is -0.118. The molecule has 5 aromatic rings. The van der Waals surface area contributed by atoms with Crippen LogP contribution in [0.5, 0.6) is 0 Å². The second kappa shape index (κ2) is 6.42. The fraction of sp³-hybridized carbons (Fsp3) is 0.0909. The number of pyridine rings is 2. The summed E-state index contributed by atoms with van der Waals surface area (Å²) >= 11 is 0. The molecule has 0 spiro atoms. The number of aromatic nitrogens is 5. The zero-order valence-electron chi connectivity index (χ0n) is 15.2. The number of hydrogen-bond acceptors (Lipinski definition) is 4. The van der Waals surface area contributed by atoms with E-state index in [1.54, 1.807) is 12.4 Å². The number of aromatic amines is 1. The van der Waals surface area contributed by atoms with Gasteiger partial charge < -0.3 is 4.98 Å². The molecule has 0 aliphatic rings. The van der Waals surface area contributed by atoms with Gasteiger partial charge in [-0.1, -0.05) is 41.6 Å². The van der Waals surface area contributed by atoms with Gasteiger partial charge in [0, 0.05) is 17.6 Å². The van der Waals surface area contributed by atoms with Crippen molar-refractivity contribution in [3.05, 3.63) is 89.0 Å². The lowest BCUT2D eigenvalue weighted by Gasteiger charge is -2.14. The zero-order valence-corrected chi connectivity index (χ0v) is 15.2. The molecule has 2 aromatic carbocycles. The standard InChI is InChI=1S/C22H17N5O/c1-14(15-5-3-2-4-6-15)27-22-18-11-16(17-8-10-21(28)24-12-17)7-9-19(18)23-13-20(22)25-26-27/h2-14H,1H3,(H,24,28)/t14-/m1/s1. The van der Waals surface area contributed by atoms with Crippen molar-refractivity contribution in [1.29, 1.82) is 0 Å². The third kappa shape index (κ3) is 2.66. The summed E-state index contributed by atoms with van der Waals surface area (Å²) in [5.41, 5.74) is 5.57. The van der Waals surface area contributed by atoms with Crippen molar-refractivity contribution in [3.8, 4) is 11.1 Å². The molecule has 0 saturated carbocycles. The lowest BCUT2D eigenvalue weighted by molar-refractivity contribution is 0.561. The maximum absolute atomic E-state index is 11.4. The highest BCUT2D eigenvalue weighted by molar-refractivity contribution is 6.03. The summed E-state index contributed by atoms with van der Waals surface area (Å²) in [5, 5.41) is 9.73. The topological polar surface area (TPSA) is 76.5 Å². The minimum Gasteiger partial charge on any atom is -0.328 e. The number of H-pyrrole nitrogens is 1. The van der Waals surface area contributed by atoms with Crippen LogP contribution < -0.4 is 5.56 Å². The first-order chi connectivity index (χ1) is 13.7. The average molecular weight is 367 g/mol. The Kier molecular flexibility index (Phi) is 3.76. The fourth-order valence-electron chi connectivity index (χ4n) is 3.54. The molecule has 6 nitrogen and oxygen atoms in total. The molecule has 0 amide bonds. The highest BCUT2D eigenvalue weighted by Gasteiger charge is 2.16. The average Bonchev–Trinajstić information content (AvgIpc) is 3.19. The number of benzene rings is 2. The minimum absolute atomic E-state index is 0.0357. The molecule has 28 heavy (non-hydrogen) atoms. The molecular formula is C22H17N5O. The number of fused-ring (bicyclic) bond motifs is 3. The van der Waals surface area contributed by atoms with Crippen LogP contribution in [0.15, 0.2) is 77.9 Å². The van der Waals surface area contributed by atoms with Gasteiger partial charge in [-0.05, 0) is 41.8 Å². The molecule has 0 fully saturated rings. The van der Waals surface area contributed by atoms with E-state index in [0.29, 0.717) is 0 Å². The third-order valence-corrected chi connectivity index (χ3v) is 5.06. The summed E-state index contributed by atoms with van der Waals surface area (Å²) in [6, 6.07) is 19.7. The Morgan fingerprint density at radius 1 is 0.964 bits per heavy atom. The van der Waals surface area contributed by atoms with E-state index in [1.165, 1.54) is 6.07 Å². The largest absolute Gasteiger partial charge is 0.328 e. The number of nitrogens with one attached hydrogen (secondary N) is 1. The molecule has 136 valence electrons. The van der Waals surface area contributed by atoms with E-state index >= 15 is 0 Å². The van der Waals surface area contributed by atoms with Gasteiger partial charge in [-0.3, -0.25) is 9.78 Å². The van der Waals surface area contributed by atoms with E-state index in [2.05, 4.69) is 45.4 Å². The van der Waals surface area contributed by atoms with Crippen LogP contribution >= 0.6 is 0 Å². The summed E-state index contributed by atoms with van der Waals surface area (Å²) in [6.07, 6.45) is 3.48. The van der Waals surface area contributed by atoms with Gasteiger partial charge in [0.1, 0.15) is 11.0 Å². The maximum Gasteiger partial charge on any atom is 0.247 e. The second-order valence-electron chi connectivity index (χ2n) is 6.79. The van der Waals surface area contributed by atoms with Crippen molar-refractivity contribution in [1.82, 2.24) is 25.0 Å². The zero-order chi connectivity index (χ0) is 19.1. The van der Waals surface area contributed by atoms with Crippen molar-refractivity contribution in [3.63, 3.8) is 0 Å². The molecule has 3 heterocycles. The van der Waals surface area contributed by atoms with Crippen LogP contribution in [0.1, 0.15) is 18.5 Å². The van der Waals surface area contributed by atoms with Gasteiger partial charge in [-0.15, -0.1) is 5.10 Å². The van der Waals surface area contributed by atoms with Gasteiger partial charge in [0.2, 0.25) is 5.56 Å². The Hall–Kier alpha value is -3.80. The first kappa shape index (κ1) is 16.4. The van der Waals surface area contributed by atoms with Crippen LogP contribution in [0.4, 0.5) is 0 Å². The monoisotopic (exact) mass is 367 g/mol. The molecule has 1 N–H and O–H groups in total. The van der Waals surface area contributed by atoms with Crippen molar-refractivity contribution in [2.75, 3.05) is 0 Å². The molecule has 5 rings (SSSR count). The van der Waals surface area contributed by atoms with Crippen molar-refractivity contribution >= 4 is 21.9 Å². The van der Waals surface area contributed by atoms with E-state index in [9.17, 15) is 4.79 Å². The molecule has 3 aromatic heterocycles. The Balaban J connectivity index is 1.74. The van der Waals surface area contributed by atoms with E-state index in [-0.39, 0.29) is 11.6 Å². The summed E-state index contributed by atoms with van der Waals surface area (Å²) in [6.45, 7) is 2.11. The van der Waals surface area contributed by atoms with Gasteiger partial charge in [0.25, 0.3) is 0 Å². The summed E-state index contributed by atoms with van der Waals surface area (Å²) < 4.78 is 1.95. The van der Waals surface area contributed by atoms with Crippen LogP contribution in [0.25, 0.3) is 33.1 Å². The number of rotatable bonds is 3. The molecular weight excluding hydrogens is 350 g/mol. The highest BCUT2D eigenvalue weighted by atomic mass is 16.1. The molecule has 0 aliphatic carbocycles. The van der Waals surface area contributed by atoms with E-state index in [0.717, 1.165) is 38.6 Å². The Morgan fingerprint density at radius 2 is 1.79 bits per heavy atom. The van der Waals surface area contributed by atoms with Gasteiger partial charge in [0.15, 0.2) is 0 Å².